The van der Waals surface area contributed by atoms with Gasteiger partial charge < -0.3 is 9.47 Å². The Morgan fingerprint density at radius 1 is 1.14 bits per heavy atom. The van der Waals surface area contributed by atoms with Gasteiger partial charge in [0, 0.05) is 6.42 Å². The lowest BCUT2D eigenvalue weighted by molar-refractivity contribution is -0.00716. The Kier molecular flexibility index (Phi) is 2.41. The fourth-order valence-electron chi connectivity index (χ4n) is 3.89. The summed E-state index contributed by atoms with van der Waals surface area (Å²) >= 11 is 0. The molecule has 21 heavy (non-hydrogen) atoms. The van der Waals surface area contributed by atoms with E-state index in [-0.39, 0.29) is 17.1 Å². The van der Waals surface area contributed by atoms with Gasteiger partial charge in [0.25, 0.3) is 5.72 Å². The molecule has 5 heteroatoms. The van der Waals surface area contributed by atoms with Crippen LogP contribution in [-0.4, -0.2) is 23.5 Å². The molecule has 1 aromatic rings. The maximum atomic E-state index is 6.04. The number of azo groups is 1. The number of nitrogens with zero attached hydrogens (tertiary/aromatic N) is 3. The van der Waals surface area contributed by atoms with Crippen LogP contribution in [0.15, 0.2) is 45.6 Å². The lowest BCUT2D eigenvalue weighted by Gasteiger charge is -2.38. The van der Waals surface area contributed by atoms with Crippen molar-refractivity contribution in [1.29, 1.82) is 0 Å². The van der Waals surface area contributed by atoms with Crippen molar-refractivity contribution < 1.29 is 9.47 Å². The third kappa shape index (κ3) is 2.07. The van der Waals surface area contributed by atoms with Gasteiger partial charge in [0.1, 0.15) is 6.10 Å². The zero-order chi connectivity index (χ0) is 14.7. The summed E-state index contributed by atoms with van der Waals surface area (Å²) in [4.78, 5) is 4.41. The van der Waals surface area contributed by atoms with Gasteiger partial charge in [-0.15, -0.1) is 5.11 Å². The Hall–Kier alpha value is -1.75. The normalized spacial score (nSPS) is 41.1. The Morgan fingerprint density at radius 2 is 1.90 bits per heavy atom. The van der Waals surface area contributed by atoms with Crippen molar-refractivity contribution in [3.05, 3.63) is 30.3 Å². The quantitative estimate of drug-likeness (QED) is 0.736. The van der Waals surface area contributed by atoms with E-state index in [2.05, 4.69) is 36.0 Å². The van der Waals surface area contributed by atoms with E-state index in [1.54, 1.807) is 0 Å². The maximum absolute atomic E-state index is 6.04. The Labute approximate surface area is 124 Å². The second kappa shape index (κ2) is 3.91. The Morgan fingerprint density at radius 3 is 2.67 bits per heavy atom. The zero-order valence-corrected chi connectivity index (χ0v) is 12.5. The van der Waals surface area contributed by atoms with Crippen LogP contribution >= 0.6 is 0 Å². The van der Waals surface area contributed by atoms with Crippen molar-refractivity contribution >= 4 is 11.7 Å². The van der Waals surface area contributed by atoms with Crippen molar-refractivity contribution in [3.8, 4) is 0 Å². The molecule has 2 aliphatic heterocycles. The third-order valence-electron chi connectivity index (χ3n) is 4.41. The van der Waals surface area contributed by atoms with Crippen molar-refractivity contribution in [2.45, 2.75) is 51.0 Å². The summed E-state index contributed by atoms with van der Waals surface area (Å²) < 4.78 is 11.9. The van der Waals surface area contributed by atoms with Crippen LogP contribution in [0.1, 0.15) is 33.6 Å². The van der Waals surface area contributed by atoms with Crippen LogP contribution in [0.25, 0.3) is 0 Å². The number of rotatable bonds is 1. The van der Waals surface area contributed by atoms with E-state index in [0.717, 1.165) is 18.5 Å². The number of ether oxygens (including phenoxy) is 2. The summed E-state index contributed by atoms with van der Waals surface area (Å²) in [5, 5.41) is 8.57. The van der Waals surface area contributed by atoms with E-state index in [0.29, 0.717) is 6.02 Å². The van der Waals surface area contributed by atoms with Crippen LogP contribution in [-0.2, 0) is 9.47 Å². The van der Waals surface area contributed by atoms with Crippen molar-refractivity contribution in [2.24, 2.45) is 20.6 Å². The second-order valence-electron chi connectivity index (χ2n) is 7.21. The van der Waals surface area contributed by atoms with Gasteiger partial charge >= 0.3 is 6.02 Å². The molecule has 3 unspecified atom stereocenters. The van der Waals surface area contributed by atoms with Gasteiger partial charge in [0.15, 0.2) is 0 Å². The summed E-state index contributed by atoms with van der Waals surface area (Å²) in [6.07, 6.45) is 1.82. The third-order valence-corrected chi connectivity index (χ3v) is 4.41. The van der Waals surface area contributed by atoms with Crippen LogP contribution in [0.5, 0.6) is 0 Å². The van der Waals surface area contributed by atoms with E-state index in [1.807, 2.05) is 30.3 Å². The zero-order valence-electron chi connectivity index (χ0n) is 12.5. The van der Waals surface area contributed by atoms with Crippen molar-refractivity contribution in [3.63, 3.8) is 0 Å². The first-order chi connectivity index (χ1) is 9.91. The molecule has 0 bridgehead atoms. The number of aliphatic imine (C=N–C) groups is 1. The molecule has 2 fully saturated rings. The molecule has 3 atom stereocenters. The molecule has 1 saturated heterocycles. The van der Waals surface area contributed by atoms with Gasteiger partial charge in [-0.1, -0.05) is 37.2 Å². The Balaban J connectivity index is 1.62. The number of benzene rings is 1. The molecule has 0 N–H and O–H groups in total. The molecule has 3 aliphatic rings. The van der Waals surface area contributed by atoms with Gasteiger partial charge in [-0.2, -0.15) is 4.99 Å². The molecule has 1 spiro atoms. The predicted molar refractivity (Wildman–Crippen MR) is 78.5 cm³/mol. The van der Waals surface area contributed by atoms with E-state index in [9.17, 15) is 0 Å². The molecule has 1 saturated carbocycles. The first-order valence-corrected chi connectivity index (χ1v) is 7.34. The highest BCUT2D eigenvalue weighted by atomic mass is 16.7. The minimum atomic E-state index is -0.690. The minimum absolute atomic E-state index is 0.00903. The monoisotopic (exact) mass is 285 g/mol. The first-order valence-electron chi connectivity index (χ1n) is 7.34. The minimum Gasteiger partial charge on any atom is -0.429 e. The lowest BCUT2D eigenvalue weighted by atomic mass is 9.69. The van der Waals surface area contributed by atoms with Crippen LogP contribution in [0.3, 0.4) is 0 Å². The van der Waals surface area contributed by atoms with Crippen LogP contribution in [0, 0.1) is 5.41 Å². The number of para-hydroxylation sites is 1. The van der Waals surface area contributed by atoms with Gasteiger partial charge in [0.05, 0.1) is 11.3 Å². The van der Waals surface area contributed by atoms with Crippen molar-refractivity contribution in [1.82, 2.24) is 0 Å². The van der Waals surface area contributed by atoms with E-state index >= 15 is 0 Å². The van der Waals surface area contributed by atoms with Gasteiger partial charge in [0.2, 0.25) is 0 Å². The SMILES string of the molecule is CC1(C)CC2(C)OC2C2(C1)N=NC(=Nc1ccccc1)O2. The van der Waals surface area contributed by atoms with Crippen LogP contribution in [0.4, 0.5) is 5.69 Å². The highest BCUT2D eigenvalue weighted by molar-refractivity contribution is 5.79. The summed E-state index contributed by atoms with van der Waals surface area (Å²) in [5.74, 6) is 0. The molecule has 5 nitrogen and oxygen atoms in total. The summed E-state index contributed by atoms with van der Waals surface area (Å²) in [5.41, 5.74) is 0.105. The molecule has 110 valence electrons. The molecular weight excluding hydrogens is 266 g/mol. The molecule has 4 rings (SSSR count). The van der Waals surface area contributed by atoms with Gasteiger partial charge in [-0.3, -0.25) is 0 Å². The Bertz CT molecular complexity index is 637. The summed E-state index contributed by atoms with van der Waals surface area (Å²) in [6.45, 7) is 6.58. The fourth-order valence-corrected chi connectivity index (χ4v) is 3.89. The molecule has 0 aromatic heterocycles. The number of epoxide rings is 1. The van der Waals surface area contributed by atoms with Gasteiger partial charge in [-0.05, 0) is 30.9 Å². The lowest BCUT2D eigenvalue weighted by Crippen LogP contribution is -2.47. The average Bonchev–Trinajstić information content (AvgIpc) is 2.93. The number of hydrogen-bond donors (Lipinski definition) is 0. The highest BCUT2D eigenvalue weighted by Crippen LogP contribution is 2.60. The fraction of sp³-hybridized carbons (Fsp3) is 0.562. The molecule has 0 radical (unpaired) electrons. The number of hydrogen-bond acceptors (Lipinski definition) is 4. The number of amidine groups is 1. The molecule has 1 aliphatic carbocycles. The van der Waals surface area contributed by atoms with Gasteiger partial charge in [-0.25, -0.2) is 0 Å². The largest absolute Gasteiger partial charge is 0.429 e. The summed E-state index contributed by atoms with van der Waals surface area (Å²) in [7, 11) is 0. The highest BCUT2D eigenvalue weighted by Gasteiger charge is 2.72. The first kappa shape index (κ1) is 13.0. The summed E-state index contributed by atoms with van der Waals surface area (Å²) in [6, 6.07) is 9.99. The molecule has 0 amide bonds. The second-order valence-corrected chi connectivity index (χ2v) is 7.21. The van der Waals surface area contributed by atoms with Crippen LogP contribution < -0.4 is 0 Å². The standard InChI is InChI=1S/C16H19N3O2/c1-14(2)9-15(3)12(20-15)16(10-14)19-18-13(21-16)17-11-7-5-4-6-8-11/h4-8,12H,9-10H2,1-3H3. The topological polar surface area (TPSA) is 58.8 Å². The van der Waals surface area contributed by atoms with Crippen LogP contribution in [0.2, 0.25) is 0 Å². The number of fused-ring (bicyclic) bond motifs is 2. The van der Waals surface area contributed by atoms with E-state index in [4.69, 9.17) is 9.47 Å². The van der Waals surface area contributed by atoms with E-state index < -0.39 is 5.72 Å². The smallest absolute Gasteiger partial charge is 0.338 e. The average molecular weight is 285 g/mol. The molecule has 2 heterocycles. The molecular formula is C16H19N3O2. The molecule has 1 aromatic carbocycles. The van der Waals surface area contributed by atoms with E-state index in [1.165, 1.54) is 0 Å². The van der Waals surface area contributed by atoms with Crippen molar-refractivity contribution in [2.75, 3.05) is 0 Å². The predicted octanol–water partition coefficient (Wildman–Crippen LogP) is 3.83. The maximum Gasteiger partial charge on any atom is 0.338 e.